The van der Waals surface area contributed by atoms with Crippen LogP contribution in [0.4, 0.5) is 34.1 Å². The minimum Gasteiger partial charge on any atom is -0.310 e. The standard InChI is InChI=1S/C50H40N4/c1-33(2)37-17-25-41(26-18-37)53(39-21-13-35(31-51)14-22-39)49-29-47-44-10-6-8-12-46(44)50(30-48(47)43-9-5-7-11-45(43)49)54(40-23-15-36(32-52)16-24-40)42-27-19-38(20-28-42)34(3)4/h5-30,33-34H,1-4H3. The molecule has 4 nitrogen and oxygen atoms in total. The van der Waals surface area contributed by atoms with Crippen LogP contribution in [0.2, 0.25) is 0 Å². The summed E-state index contributed by atoms with van der Waals surface area (Å²) < 4.78 is 0. The molecule has 0 aromatic heterocycles. The topological polar surface area (TPSA) is 54.1 Å². The monoisotopic (exact) mass is 696 g/mol. The highest BCUT2D eigenvalue weighted by atomic mass is 15.1. The Kier molecular flexibility index (Phi) is 9.04. The molecule has 0 radical (unpaired) electrons. The zero-order valence-corrected chi connectivity index (χ0v) is 31.0. The predicted octanol–water partition coefficient (Wildman–Crippen LogP) is 14.1. The minimum absolute atomic E-state index is 0.418. The molecule has 0 N–H and O–H groups in total. The van der Waals surface area contributed by atoms with Crippen LogP contribution < -0.4 is 9.80 Å². The van der Waals surface area contributed by atoms with Gasteiger partial charge in [0, 0.05) is 33.5 Å². The Balaban J connectivity index is 1.42. The number of nitrogens with zero attached hydrogens (tertiary/aromatic N) is 4. The molecule has 0 atom stereocenters. The highest BCUT2D eigenvalue weighted by Gasteiger charge is 2.22. The fourth-order valence-corrected chi connectivity index (χ4v) is 7.52. The Morgan fingerprint density at radius 2 is 0.667 bits per heavy atom. The van der Waals surface area contributed by atoms with Gasteiger partial charge in [-0.1, -0.05) is 100 Å². The molecule has 4 heteroatoms. The summed E-state index contributed by atoms with van der Waals surface area (Å²) in [5.74, 6) is 0.836. The van der Waals surface area contributed by atoms with Crippen molar-refractivity contribution in [2.45, 2.75) is 39.5 Å². The smallest absolute Gasteiger partial charge is 0.0991 e. The van der Waals surface area contributed by atoms with E-state index in [0.717, 1.165) is 66.4 Å². The van der Waals surface area contributed by atoms with E-state index in [1.807, 2.05) is 48.5 Å². The van der Waals surface area contributed by atoms with E-state index in [-0.39, 0.29) is 0 Å². The number of hydrogen-bond donors (Lipinski definition) is 0. The third-order valence-corrected chi connectivity index (χ3v) is 10.5. The van der Waals surface area contributed by atoms with Crippen molar-refractivity contribution in [2.75, 3.05) is 9.80 Å². The maximum absolute atomic E-state index is 9.63. The summed E-state index contributed by atoms with van der Waals surface area (Å²) in [7, 11) is 0. The normalized spacial score (nSPS) is 11.3. The zero-order chi connectivity index (χ0) is 37.3. The molecule has 0 saturated carbocycles. The maximum atomic E-state index is 9.63. The van der Waals surface area contributed by atoms with Crippen LogP contribution in [0.1, 0.15) is 61.8 Å². The van der Waals surface area contributed by atoms with Crippen LogP contribution in [0.3, 0.4) is 0 Å². The van der Waals surface area contributed by atoms with Gasteiger partial charge < -0.3 is 9.80 Å². The van der Waals surface area contributed by atoms with Crippen LogP contribution in [0.15, 0.2) is 158 Å². The van der Waals surface area contributed by atoms with Gasteiger partial charge in [0.15, 0.2) is 0 Å². The molecule has 54 heavy (non-hydrogen) atoms. The van der Waals surface area contributed by atoms with Crippen LogP contribution in [-0.4, -0.2) is 0 Å². The van der Waals surface area contributed by atoms with Crippen molar-refractivity contribution in [3.05, 3.63) is 180 Å². The number of rotatable bonds is 8. The Hall–Kier alpha value is -6.88. The van der Waals surface area contributed by atoms with Gasteiger partial charge in [0.25, 0.3) is 0 Å². The average molecular weight is 697 g/mol. The lowest BCUT2D eigenvalue weighted by molar-refractivity contribution is 0.866. The summed E-state index contributed by atoms with van der Waals surface area (Å²) >= 11 is 0. The van der Waals surface area contributed by atoms with Gasteiger partial charge in [0.05, 0.1) is 34.6 Å². The van der Waals surface area contributed by atoms with Crippen molar-refractivity contribution in [3.8, 4) is 12.1 Å². The lowest BCUT2D eigenvalue weighted by Gasteiger charge is -2.30. The van der Waals surface area contributed by atoms with E-state index < -0.39 is 0 Å². The van der Waals surface area contributed by atoms with Crippen molar-refractivity contribution in [2.24, 2.45) is 0 Å². The molecule has 8 aromatic rings. The maximum Gasteiger partial charge on any atom is 0.0991 e. The molecule has 0 heterocycles. The third kappa shape index (κ3) is 6.19. The number of fused-ring (bicyclic) bond motifs is 5. The van der Waals surface area contributed by atoms with E-state index >= 15 is 0 Å². The van der Waals surface area contributed by atoms with Gasteiger partial charge in [0.2, 0.25) is 0 Å². The predicted molar refractivity (Wildman–Crippen MR) is 226 cm³/mol. The highest BCUT2D eigenvalue weighted by molar-refractivity contribution is 6.24. The van der Waals surface area contributed by atoms with E-state index in [4.69, 9.17) is 0 Å². The fourth-order valence-electron chi connectivity index (χ4n) is 7.52. The second kappa shape index (κ2) is 14.3. The molecule has 0 fully saturated rings. The van der Waals surface area contributed by atoms with Gasteiger partial charge in [-0.2, -0.15) is 10.5 Å². The SMILES string of the molecule is CC(C)c1ccc(N(c2ccc(C#N)cc2)c2cc3c4ccccc4c(N(c4ccc(C#N)cc4)c4ccc(C(C)C)cc4)cc3c3ccccc23)cc1. The third-order valence-electron chi connectivity index (χ3n) is 10.5. The summed E-state index contributed by atoms with van der Waals surface area (Å²) in [5, 5.41) is 26.1. The van der Waals surface area contributed by atoms with Crippen molar-refractivity contribution in [3.63, 3.8) is 0 Å². The lowest BCUT2D eigenvalue weighted by Crippen LogP contribution is -2.12. The van der Waals surface area contributed by atoms with Crippen LogP contribution in [-0.2, 0) is 0 Å². The average Bonchev–Trinajstić information content (AvgIpc) is 3.22. The van der Waals surface area contributed by atoms with Crippen LogP contribution >= 0.6 is 0 Å². The molecule has 0 amide bonds. The van der Waals surface area contributed by atoms with Gasteiger partial charge in [-0.3, -0.25) is 0 Å². The summed E-state index contributed by atoms with van der Waals surface area (Å²) in [6.45, 7) is 8.86. The Morgan fingerprint density at radius 1 is 0.370 bits per heavy atom. The van der Waals surface area contributed by atoms with Gasteiger partial charge in [-0.15, -0.1) is 0 Å². The first-order valence-electron chi connectivity index (χ1n) is 18.5. The summed E-state index contributed by atoms with van der Waals surface area (Å²) in [4.78, 5) is 4.63. The molecule has 0 bridgehead atoms. The summed E-state index contributed by atoms with van der Waals surface area (Å²) in [6.07, 6.45) is 0. The molecule has 0 saturated heterocycles. The van der Waals surface area contributed by atoms with E-state index in [1.54, 1.807) is 0 Å². The molecule has 8 rings (SSSR count). The van der Waals surface area contributed by atoms with Crippen molar-refractivity contribution in [1.82, 2.24) is 0 Å². The first-order valence-corrected chi connectivity index (χ1v) is 18.5. The second-order valence-electron chi connectivity index (χ2n) is 14.5. The van der Waals surface area contributed by atoms with Crippen molar-refractivity contribution >= 4 is 66.4 Å². The summed E-state index contributed by atoms with van der Waals surface area (Å²) in [5.41, 5.74) is 10.00. The van der Waals surface area contributed by atoms with Crippen LogP contribution in [0.5, 0.6) is 0 Å². The molecule has 0 unspecified atom stereocenters. The Labute approximate surface area is 317 Å². The van der Waals surface area contributed by atoms with Gasteiger partial charge in [-0.25, -0.2) is 0 Å². The van der Waals surface area contributed by atoms with Gasteiger partial charge in [-0.05, 0) is 129 Å². The Morgan fingerprint density at radius 3 is 0.963 bits per heavy atom. The second-order valence-corrected chi connectivity index (χ2v) is 14.5. The number of nitriles is 2. The molecule has 0 aliphatic heterocycles. The Bertz CT molecular complexity index is 2520. The van der Waals surface area contributed by atoms with E-state index in [9.17, 15) is 10.5 Å². The number of hydrogen-bond acceptors (Lipinski definition) is 4. The first kappa shape index (κ1) is 34.2. The van der Waals surface area contributed by atoms with Gasteiger partial charge in [0.1, 0.15) is 0 Å². The van der Waals surface area contributed by atoms with E-state index in [1.165, 1.54) is 11.1 Å². The highest BCUT2D eigenvalue weighted by Crippen LogP contribution is 2.47. The molecule has 8 aromatic carbocycles. The molecule has 0 aliphatic carbocycles. The van der Waals surface area contributed by atoms with Crippen LogP contribution in [0.25, 0.3) is 32.3 Å². The zero-order valence-electron chi connectivity index (χ0n) is 31.0. The quantitative estimate of drug-likeness (QED) is 0.148. The molecule has 0 spiro atoms. The lowest BCUT2D eigenvalue weighted by atomic mass is 9.93. The molecular formula is C50H40N4. The largest absolute Gasteiger partial charge is 0.310 e. The number of anilines is 6. The minimum atomic E-state index is 0.418. The number of benzene rings is 8. The fraction of sp³-hybridized carbons (Fsp3) is 0.120. The van der Waals surface area contributed by atoms with Gasteiger partial charge >= 0.3 is 0 Å². The van der Waals surface area contributed by atoms with Crippen molar-refractivity contribution < 1.29 is 0 Å². The van der Waals surface area contributed by atoms with Crippen LogP contribution in [0, 0.1) is 22.7 Å². The first-order chi connectivity index (χ1) is 26.3. The molecular weight excluding hydrogens is 657 g/mol. The molecule has 260 valence electrons. The molecule has 0 aliphatic rings. The van der Waals surface area contributed by atoms with E-state index in [2.05, 4.69) is 159 Å². The van der Waals surface area contributed by atoms with Crippen molar-refractivity contribution in [1.29, 1.82) is 10.5 Å². The van der Waals surface area contributed by atoms with E-state index in [0.29, 0.717) is 23.0 Å². The summed E-state index contributed by atoms with van der Waals surface area (Å²) in [6, 6.07) is 59.9.